The average molecular weight is 214 g/mol. The van der Waals surface area contributed by atoms with Crippen molar-refractivity contribution in [2.24, 2.45) is 0 Å². The van der Waals surface area contributed by atoms with Crippen molar-refractivity contribution in [1.29, 1.82) is 0 Å². The third kappa shape index (κ3) is 4.09. The molecule has 0 radical (unpaired) electrons. The predicted octanol–water partition coefficient (Wildman–Crippen LogP) is 1.48. The first-order valence-corrected chi connectivity index (χ1v) is 6.26. The molecule has 1 rings (SSSR count). The Balaban J connectivity index is 2.39. The molecule has 0 aromatic heterocycles. The van der Waals surface area contributed by atoms with Gasteiger partial charge in [0.15, 0.2) is 0 Å². The zero-order chi connectivity index (χ0) is 11.3. The zero-order valence-electron chi connectivity index (χ0n) is 10.6. The molecule has 0 aliphatic carbocycles. The summed E-state index contributed by atoms with van der Waals surface area (Å²) in [4.78, 5) is 2.55. The zero-order valence-corrected chi connectivity index (χ0v) is 10.6. The van der Waals surface area contributed by atoms with E-state index >= 15 is 0 Å². The SMILES string of the molecule is CCNC(CC)CN1CC(C)OCC1C. The van der Waals surface area contributed by atoms with Crippen LogP contribution in [0.4, 0.5) is 0 Å². The van der Waals surface area contributed by atoms with Crippen LogP contribution in [0.3, 0.4) is 0 Å². The van der Waals surface area contributed by atoms with E-state index in [0.717, 1.165) is 26.2 Å². The van der Waals surface area contributed by atoms with Crippen molar-refractivity contribution in [2.75, 3.05) is 26.2 Å². The summed E-state index contributed by atoms with van der Waals surface area (Å²) in [5.41, 5.74) is 0. The van der Waals surface area contributed by atoms with Crippen LogP contribution in [-0.4, -0.2) is 49.3 Å². The lowest BCUT2D eigenvalue weighted by Gasteiger charge is -2.38. The van der Waals surface area contributed by atoms with Gasteiger partial charge in [-0.3, -0.25) is 4.90 Å². The molecule has 0 bridgehead atoms. The average Bonchev–Trinajstić information content (AvgIpc) is 2.22. The molecule has 3 unspecified atom stereocenters. The summed E-state index contributed by atoms with van der Waals surface area (Å²) in [6.45, 7) is 13.0. The Morgan fingerprint density at radius 2 is 2.13 bits per heavy atom. The highest BCUT2D eigenvalue weighted by molar-refractivity contribution is 4.79. The first-order chi connectivity index (χ1) is 7.17. The predicted molar refractivity (Wildman–Crippen MR) is 64.2 cm³/mol. The molecule has 15 heavy (non-hydrogen) atoms. The summed E-state index contributed by atoms with van der Waals surface area (Å²) in [6, 6.07) is 1.19. The fraction of sp³-hybridized carbons (Fsp3) is 1.00. The van der Waals surface area contributed by atoms with Crippen LogP contribution in [0.25, 0.3) is 0 Å². The van der Waals surface area contributed by atoms with E-state index in [9.17, 15) is 0 Å². The van der Waals surface area contributed by atoms with Gasteiger partial charge in [0.1, 0.15) is 0 Å². The number of rotatable bonds is 5. The quantitative estimate of drug-likeness (QED) is 0.750. The summed E-state index contributed by atoms with van der Waals surface area (Å²) in [5.74, 6) is 0. The maximum Gasteiger partial charge on any atom is 0.0674 e. The molecule has 3 nitrogen and oxygen atoms in total. The topological polar surface area (TPSA) is 24.5 Å². The van der Waals surface area contributed by atoms with Gasteiger partial charge in [-0.15, -0.1) is 0 Å². The van der Waals surface area contributed by atoms with Gasteiger partial charge in [0.05, 0.1) is 12.7 Å². The summed E-state index contributed by atoms with van der Waals surface area (Å²) in [7, 11) is 0. The second-order valence-electron chi connectivity index (χ2n) is 4.61. The van der Waals surface area contributed by atoms with Crippen LogP contribution in [0.15, 0.2) is 0 Å². The van der Waals surface area contributed by atoms with Gasteiger partial charge in [-0.2, -0.15) is 0 Å². The molecule has 0 aromatic rings. The Morgan fingerprint density at radius 1 is 1.40 bits per heavy atom. The molecule has 1 aliphatic heterocycles. The van der Waals surface area contributed by atoms with E-state index in [-0.39, 0.29) is 0 Å². The van der Waals surface area contributed by atoms with E-state index in [1.54, 1.807) is 0 Å². The van der Waals surface area contributed by atoms with E-state index in [1.807, 2.05) is 0 Å². The number of ether oxygens (including phenoxy) is 1. The van der Waals surface area contributed by atoms with E-state index in [1.165, 1.54) is 6.42 Å². The number of likely N-dealkylation sites (N-methyl/N-ethyl adjacent to an activating group) is 1. The van der Waals surface area contributed by atoms with Gasteiger partial charge in [0, 0.05) is 25.2 Å². The van der Waals surface area contributed by atoms with Crippen LogP contribution in [0.2, 0.25) is 0 Å². The molecule has 1 N–H and O–H groups in total. The molecule has 0 amide bonds. The lowest BCUT2D eigenvalue weighted by molar-refractivity contribution is -0.0520. The largest absolute Gasteiger partial charge is 0.376 e. The summed E-state index contributed by atoms with van der Waals surface area (Å²) in [6.07, 6.45) is 1.59. The molecule has 1 fully saturated rings. The maximum atomic E-state index is 5.63. The third-order valence-corrected chi connectivity index (χ3v) is 3.18. The number of hydrogen-bond donors (Lipinski definition) is 1. The van der Waals surface area contributed by atoms with Gasteiger partial charge < -0.3 is 10.1 Å². The van der Waals surface area contributed by atoms with Gasteiger partial charge in [-0.05, 0) is 26.8 Å². The van der Waals surface area contributed by atoms with E-state index in [2.05, 4.69) is 37.9 Å². The van der Waals surface area contributed by atoms with Crippen LogP contribution in [-0.2, 0) is 4.74 Å². The molecule has 0 aromatic carbocycles. The summed E-state index contributed by atoms with van der Waals surface area (Å²) in [5, 5.41) is 3.53. The van der Waals surface area contributed by atoms with Crippen LogP contribution in [0, 0.1) is 0 Å². The van der Waals surface area contributed by atoms with Gasteiger partial charge in [-0.1, -0.05) is 13.8 Å². The first-order valence-electron chi connectivity index (χ1n) is 6.26. The lowest BCUT2D eigenvalue weighted by atomic mass is 10.1. The maximum absolute atomic E-state index is 5.63. The van der Waals surface area contributed by atoms with Gasteiger partial charge in [0.25, 0.3) is 0 Å². The Hall–Kier alpha value is -0.120. The number of nitrogens with zero attached hydrogens (tertiary/aromatic N) is 1. The normalized spacial score (nSPS) is 30.4. The third-order valence-electron chi connectivity index (χ3n) is 3.18. The number of nitrogens with one attached hydrogen (secondary N) is 1. The highest BCUT2D eigenvalue weighted by Crippen LogP contribution is 2.12. The van der Waals surface area contributed by atoms with Gasteiger partial charge in [-0.25, -0.2) is 0 Å². The number of hydrogen-bond acceptors (Lipinski definition) is 3. The molecule has 1 aliphatic rings. The Morgan fingerprint density at radius 3 is 2.73 bits per heavy atom. The Labute approximate surface area is 94.2 Å². The van der Waals surface area contributed by atoms with E-state index in [0.29, 0.717) is 18.2 Å². The van der Waals surface area contributed by atoms with Crippen molar-refractivity contribution >= 4 is 0 Å². The molecule has 3 heteroatoms. The highest BCUT2D eigenvalue weighted by atomic mass is 16.5. The van der Waals surface area contributed by atoms with Crippen LogP contribution in [0.1, 0.15) is 34.1 Å². The monoisotopic (exact) mass is 214 g/mol. The standard InChI is InChI=1S/C12H26N2O/c1-5-12(13-6-2)8-14-7-11(4)15-9-10(14)3/h10-13H,5-9H2,1-4H3. The minimum atomic E-state index is 0.389. The Kier molecular flexibility index (Phi) is 5.58. The molecule has 90 valence electrons. The second kappa shape index (κ2) is 6.46. The molecular formula is C12H26N2O. The fourth-order valence-electron chi connectivity index (χ4n) is 2.14. The van der Waals surface area contributed by atoms with Crippen molar-refractivity contribution in [3.05, 3.63) is 0 Å². The van der Waals surface area contributed by atoms with Crippen molar-refractivity contribution in [3.63, 3.8) is 0 Å². The molecule has 0 spiro atoms. The molecule has 1 heterocycles. The molecule has 0 saturated carbocycles. The molecular weight excluding hydrogens is 188 g/mol. The fourth-order valence-corrected chi connectivity index (χ4v) is 2.14. The van der Waals surface area contributed by atoms with Crippen LogP contribution < -0.4 is 5.32 Å². The number of morpholine rings is 1. The van der Waals surface area contributed by atoms with Crippen molar-refractivity contribution < 1.29 is 4.74 Å². The van der Waals surface area contributed by atoms with E-state index in [4.69, 9.17) is 4.74 Å². The van der Waals surface area contributed by atoms with Crippen molar-refractivity contribution in [2.45, 2.75) is 52.3 Å². The summed E-state index contributed by atoms with van der Waals surface area (Å²) >= 11 is 0. The lowest BCUT2D eigenvalue weighted by Crippen LogP contribution is -2.52. The smallest absolute Gasteiger partial charge is 0.0674 e. The minimum Gasteiger partial charge on any atom is -0.376 e. The first kappa shape index (κ1) is 12.9. The molecule has 3 atom stereocenters. The highest BCUT2D eigenvalue weighted by Gasteiger charge is 2.24. The van der Waals surface area contributed by atoms with Crippen molar-refractivity contribution in [1.82, 2.24) is 10.2 Å². The van der Waals surface area contributed by atoms with Gasteiger partial charge in [0.2, 0.25) is 0 Å². The second-order valence-corrected chi connectivity index (χ2v) is 4.61. The Bertz CT molecular complexity index is 175. The van der Waals surface area contributed by atoms with Crippen LogP contribution in [0.5, 0.6) is 0 Å². The molecule has 1 saturated heterocycles. The van der Waals surface area contributed by atoms with E-state index < -0.39 is 0 Å². The minimum absolute atomic E-state index is 0.389. The summed E-state index contributed by atoms with van der Waals surface area (Å²) < 4.78 is 5.63. The van der Waals surface area contributed by atoms with Crippen molar-refractivity contribution in [3.8, 4) is 0 Å². The van der Waals surface area contributed by atoms with Crippen LogP contribution >= 0.6 is 0 Å². The van der Waals surface area contributed by atoms with Gasteiger partial charge >= 0.3 is 0 Å².